The number of likely N-dealkylation sites (N-methyl/N-ethyl adjacent to an activating group) is 1. The van der Waals surface area contributed by atoms with Gasteiger partial charge in [-0.2, -0.15) is 0 Å². The Kier molecular flexibility index (Phi) is 6.75. The minimum Gasteiger partial charge on any atom is -0.352 e. The van der Waals surface area contributed by atoms with E-state index in [1.165, 1.54) is 4.90 Å². The molecule has 0 saturated carbocycles. The first-order valence-corrected chi connectivity index (χ1v) is 7.57. The number of carbonyl (C=O) groups is 3. The lowest BCUT2D eigenvalue weighted by Crippen LogP contribution is -2.46. The summed E-state index contributed by atoms with van der Waals surface area (Å²) in [5, 5.41) is 5.49. The summed E-state index contributed by atoms with van der Waals surface area (Å²) >= 11 is 0. The highest BCUT2D eigenvalue weighted by Crippen LogP contribution is 2.00. The third-order valence-electron chi connectivity index (χ3n) is 2.98. The van der Waals surface area contributed by atoms with Crippen molar-refractivity contribution in [3.8, 4) is 0 Å². The fourth-order valence-corrected chi connectivity index (χ4v) is 1.93. The molecule has 0 spiro atoms. The van der Waals surface area contributed by atoms with Gasteiger partial charge in [-0.15, -0.1) is 0 Å². The lowest BCUT2D eigenvalue weighted by Gasteiger charge is -2.23. The average molecular weight is 319 g/mol. The monoisotopic (exact) mass is 319 g/mol. The van der Waals surface area contributed by atoms with Crippen LogP contribution in [0.2, 0.25) is 0 Å². The number of hydrogen-bond acceptors (Lipinski definition) is 3. The predicted molar refractivity (Wildman–Crippen MR) is 88.9 cm³/mol. The van der Waals surface area contributed by atoms with Gasteiger partial charge in [-0.05, 0) is 32.9 Å². The molecule has 126 valence electrons. The largest absolute Gasteiger partial charge is 0.352 e. The Balaban J connectivity index is 2.33. The van der Waals surface area contributed by atoms with Gasteiger partial charge in [-0.3, -0.25) is 14.4 Å². The molecule has 0 radical (unpaired) electrons. The van der Waals surface area contributed by atoms with E-state index in [1.807, 2.05) is 26.8 Å². The van der Waals surface area contributed by atoms with Crippen molar-refractivity contribution in [2.45, 2.75) is 32.7 Å². The van der Waals surface area contributed by atoms with E-state index in [0.29, 0.717) is 5.56 Å². The van der Waals surface area contributed by atoms with E-state index < -0.39 is 0 Å². The molecular formula is C17H25N3O3. The van der Waals surface area contributed by atoms with Gasteiger partial charge in [0.15, 0.2) is 0 Å². The summed E-state index contributed by atoms with van der Waals surface area (Å²) in [7, 11) is 1.57. The molecule has 1 rings (SSSR count). The highest BCUT2D eigenvalue weighted by molar-refractivity contribution is 5.94. The van der Waals surface area contributed by atoms with Gasteiger partial charge in [0.1, 0.15) is 0 Å². The van der Waals surface area contributed by atoms with Crippen molar-refractivity contribution >= 4 is 17.7 Å². The second kappa shape index (κ2) is 8.31. The quantitative estimate of drug-likeness (QED) is 0.826. The minimum atomic E-state index is -0.329. The molecule has 23 heavy (non-hydrogen) atoms. The zero-order valence-electron chi connectivity index (χ0n) is 14.2. The Morgan fingerprint density at radius 2 is 1.70 bits per heavy atom. The molecule has 6 heteroatoms. The Hall–Kier alpha value is -2.37. The van der Waals surface area contributed by atoms with Crippen molar-refractivity contribution in [3.05, 3.63) is 35.9 Å². The SMILES string of the molecule is CN(CC(=O)NC(C)(C)C)C(=O)CCNC(=O)c1ccccc1. The highest BCUT2D eigenvalue weighted by Gasteiger charge is 2.17. The second-order valence-corrected chi connectivity index (χ2v) is 6.42. The summed E-state index contributed by atoms with van der Waals surface area (Å²) in [4.78, 5) is 36.9. The van der Waals surface area contributed by atoms with Crippen LogP contribution in [0.1, 0.15) is 37.6 Å². The zero-order valence-corrected chi connectivity index (χ0v) is 14.2. The van der Waals surface area contributed by atoms with Crippen LogP contribution in [0.15, 0.2) is 30.3 Å². The standard InChI is InChI=1S/C17H25N3O3/c1-17(2,3)19-14(21)12-20(4)15(22)10-11-18-16(23)13-8-6-5-7-9-13/h5-9H,10-12H2,1-4H3,(H,18,23)(H,19,21). The van der Waals surface area contributed by atoms with Crippen LogP contribution in [0.25, 0.3) is 0 Å². The van der Waals surface area contributed by atoms with Crippen molar-refractivity contribution in [1.29, 1.82) is 0 Å². The maximum Gasteiger partial charge on any atom is 0.251 e. The summed E-state index contributed by atoms with van der Waals surface area (Å²) in [5.41, 5.74) is 0.225. The molecule has 0 aromatic heterocycles. The summed E-state index contributed by atoms with van der Waals surface area (Å²) < 4.78 is 0. The Labute approximate surface area is 137 Å². The molecule has 0 aliphatic rings. The van der Waals surface area contributed by atoms with Crippen molar-refractivity contribution < 1.29 is 14.4 Å². The third-order valence-corrected chi connectivity index (χ3v) is 2.98. The van der Waals surface area contributed by atoms with Gasteiger partial charge in [0.25, 0.3) is 5.91 Å². The van der Waals surface area contributed by atoms with Crippen LogP contribution < -0.4 is 10.6 Å². The maximum absolute atomic E-state index is 12.0. The first-order chi connectivity index (χ1) is 10.7. The lowest BCUT2D eigenvalue weighted by molar-refractivity contribution is -0.135. The molecule has 1 aromatic carbocycles. The summed E-state index contributed by atoms with van der Waals surface area (Å²) in [6, 6.07) is 8.81. The number of benzene rings is 1. The van der Waals surface area contributed by atoms with E-state index in [2.05, 4.69) is 10.6 Å². The van der Waals surface area contributed by atoms with E-state index in [1.54, 1.807) is 31.3 Å². The van der Waals surface area contributed by atoms with E-state index >= 15 is 0 Å². The maximum atomic E-state index is 12.0. The van der Waals surface area contributed by atoms with Gasteiger partial charge >= 0.3 is 0 Å². The van der Waals surface area contributed by atoms with Crippen molar-refractivity contribution in [2.75, 3.05) is 20.1 Å². The van der Waals surface area contributed by atoms with Crippen LogP contribution in [0, 0.1) is 0 Å². The van der Waals surface area contributed by atoms with Gasteiger partial charge in [0.2, 0.25) is 11.8 Å². The molecule has 1 aromatic rings. The number of hydrogen-bond donors (Lipinski definition) is 2. The zero-order chi connectivity index (χ0) is 17.5. The summed E-state index contributed by atoms with van der Waals surface area (Å²) in [6.07, 6.45) is 0.151. The Morgan fingerprint density at radius 3 is 2.26 bits per heavy atom. The van der Waals surface area contributed by atoms with E-state index in [4.69, 9.17) is 0 Å². The van der Waals surface area contributed by atoms with Crippen LogP contribution in [-0.2, 0) is 9.59 Å². The molecule has 3 amide bonds. The van der Waals surface area contributed by atoms with Crippen molar-refractivity contribution in [2.24, 2.45) is 0 Å². The molecule has 0 aliphatic heterocycles. The molecular weight excluding hydrogens is 294 g/mol. The predicted octanol–water partition coefficient (Wildman–Crippen LogP) is 1.18. The van der Waals surface area contributed by atoms with Crippen molar-refractivity contribution in [3.63, 3.8) is 0 Å². The molecule has 0 heterocycles. The van der Waals surface area contributed by atoms with Gasteiger partial charge < -0.3 is 15.5 Å². The average Bonchev–Trinajstić information content (AvgIpc) is 2.45. The van der Waals surface area contributed by atoms with Crippen molar-refractivity contribution in [1.82, 2.24) is 15.5 Å². The van der Waals surface area contributed by atoms with Gasteiger partial charge in [0.05, 0.1) is 6.54 Å². The molecule has 0 saturated heterocycles. The fourth-order valence-electron chi connectivity index (χ4n) is 1.93. The number of nitrogens with zero attached hydrogens (tertiary/aromatic N) is 1. The number of amides is 3. The van der Waals surface area contributed by atoms with Crippen LogP contribution in [0.3, 0.4) is 0 Å². The van der Waals surface area contributed by atoms with E-state index in [-0.39, 0.29) is 42.8 Å². The molecule has 2 N–H and O–H groups in total. The second-order valence-electron chi connectivity index (χ2n) is 6.42. The molecule has 0 unspecified atom stereocenters. The first kappa shape index (κ1) is 18.7. The van der Waals surface area contributed by atoms with Gasteiger partial charge in [0, 0.05) is 31.1 Å². The number of rotatable bonds is 6. The Bertz CT molecular complexity index is 550. The molecule has 0 atom stereocenters. The third kappa shape index (κ3) is 7.44. The van der Waals surface area contributed by atoms with Crippen LogP contribution >= 0.6 is 0 Å². The molecule has 0 fully saturated rings. The number of carbonyl (C=O) groups excluding carboxylic acids is 3. The first-order valence-electron chi connectivity index (χ1n) is 7.57. The smallest absolute Gasteiger partial charge is 0.251 e. The fraction of sp³-hybridized carbons (Fsp3) is 0.471. The lowest BCUT2D eigenvalue weighted by atomic mass is 10.1. The number of nitrogens with one attached hydrogen (secondary N) is 2. The van der Waals surface area contributed by atoms with Gasteiger partial charge in [-0.25, -0.2) is 0 Å². The van der Waals surface area contributed by atoms with E-state index in [9.17, 15) is 14.4 Å². The van der Waals surface area contributed by atoms with Gasteiger partial charge in [-0.1, -0.05) is 18.2 Å². The minimum absolute atomic E-state index is 0.00271. The van der Waals surface area contributed by atoms with E-state index in [0.717, 1.165) is 0 Å². The molecule has 0 aliphatic carbocycles. The normalized spacial score (nSPS) is 10.8. The molecule has 6 nitrogen and oxygen atoms in total. The topological polar surface area (TPSA) is 78.5 Å². The van der Waals surface area contributed by atoms with Crippen LogP contribution in [0.4, 0.5) is 0 Å². The highest BCUT2D eigenvalue weighted by atomic mass is 16.2. The van der Waals surface area contributed by atoms with Crippen LogP contribution in [-0.4, -0.2) is 48.3 Å². The Morgan fingerprint density at radius 1 is 1.09 bits per heavy atom. The molecule has 0 bridgehead atoms. The summed E-state index contributed by atoms with van der Waals surface area (Å²) in [5.74, 6) is -0.615. The summed E-state index contributed by atoms with van der Waals surface area (Å²) in [6.45, 7) is 5.88. The van der Waals surface area contributed by atoms with Crippen LogP contribution in [0.5, 0.6) is 0 Å².